The van der Waals surface area contributed by atoms with Crippen LogP contribution < -0.4 is 0 Å². The number of Topliss-reactive ketones (excluding diaryl/α,β-unsaturated/α-hetero) is 1. The van der Waals surface area contributed by atoms with Gasteiger partial charge in [-0.2, -0.15) is 0 Å². The number of ether oxygens (including phenoxy) is 1. The van der Waals surface area contributed by atoms with Crippen LogP contribution in [-0.4, -0.2) is 24.1 Å². The molecule has 244 valence electrons. The number of fused-ring (bicyclic) bond motifs is 3. The fourth-order valence-electron chi connectivity index (χ4n) is 6.90. The summed E-state index contributed by atoms with van der Waals surface area (Å²) in [6.45, 7) is 6.50. The molecule has 4 heteroatoms. The Labute approximate surface area is 289 Å². The van der Waals surface area contributed by atoms with Gasteiger partial charge in [0.15, 0.2) is 0 Å². The lowest BCUT2D eigenvalue weighted by Gasteiger charge is -2.36. The lowest BCUT2D eigenvalue weighted by molar-refractivity contribution is -0.144. The van der Waals surface area contributed by atoms with E-state index in [2.05, 4.69) is 129 Å². The van der Waals surface area contributed by atoms with Crippen molar-refractivity contribution in [3.8, 4) is 11.1 Å². The third-order valence-corrected chi connectivity index (χ3v) is 11.3. The van der Waals surface area contributed by atoms with Gasteiger partial charge in [0.1, 0.15) is 12.4 Å². The molecule has 0 saturated carbocycles. The van der Waals surface area contributed by atoms with Crippen molar-refractivity contribution in [1.29, 1.82) is 0 Å². The predicted molar refractivity (Wildman–Crippen MR) is 198 cm³/mol. The number of aryl methyl sites for hydroxylation is 2. The zero-order valence-electron chi connectivity index (χ0n) is 28.2. The van der Waals surface area contributed by atoms with Crippen molar-refractivity contribution in [2.75, 3.05) is 12.4 Å². The second kappa shape index (κ2) is 15.2. The Balaban J connectivity index is 1.05. The molecule has 0 aliphatic heterocycles. The molecule has 5 aromatic carbocycles. The van der Waals surface area contributed by atoms with Crippen molar-refractivity contribution in [1.82, 2.24) is 0 Å². The lowest BCUT2D eigenvalue weighted by atomic mass is 9.83. The van der Waals surface area contributed by atoms with Gasteiger partial charge in [-0.1, -0.05) is 145 Å². The molecule has 5 aromatic rings. The average molecular weight is 653 g/mol. The maximum atomic E-state index is 13.2. The Kier molecular flexibility index (Phi) is 10.6. The molecule has 48 heavy (non-hydrogen) atoms. The molecule has 1 aliphatic carbocycles. The zero-order valence-corrected chi connectivity index (χ0v) is 29.0. The molecule has 0 amide bonds. The highest BCUT2D eigenvalue weighted by Gasteiger charge is 2.37. The van der Waals surface area contributed by atoms with Crippen LogP contribution in [0.4, 0.5) is 0 Å². The summed E-state index contributed by atoms with van der Waals surface area (Å²) in [6, 6.07) is 45.1. The molecular formula is C44H44O3S. The number of carbonyl (C=O) groups excluding carboxylic acids is 2. The van der Waals surface area contributed by atoms with Crippen LogP contribution in [0.3, 0.4) is 0 Å². The molecule has 0 spiro atoms. The van der Waals surface area contributed by atoms with Crippen molar-refractivity contribution in [2.24, 2.45) is 5.92 Å². The summed E-state index contributed by atoms with van der Waals surface area (Å²) in [7, 11) is 0. The summed E-state index contributed by atoms with van der Waals surface area (Å²) in [5, 5.41) is 0. The minimum atomic E-state index is -0.401. The normalized spacial score (nSPS) is 13.1. The number of rotatable bonds is 14. The summed E-state index contributed by atoms with van der Waals surface area (Å²) in [6.07, 6.45) is 2.01. The van der Waals surface area contributed by atoms with Crippen molar-refractivity contribution in [2.45, 2.75) is 57.1 Å². The highest BCUT2D eigenvalue weighted by molar-refractivity contribution is 8.00. The van der Waals surface area contributed by atoms with Gasteiger partial charge in [0.05, 0.1) is 4.75 Å². The first-order valence-electron chi connectivity index (χ1n) is 17.1. The number of ketones is 1. The van der Waals surface area contributed by atoms with Crippen LogP contribution in [0.25, 0.3) is 11.1 Å². The van der Waals surface area contributed by atoms with Gasteiger partial charge in [0.2, 0.25) is 0 Å². The number of hydrogen-bond donors (Lipinski definition) is 0. The number of benzene rings is 5. The average Bonchev–Trinajstić information content (AvgIpc) is 3.44. The molecule has 0 bridgehead atoms. The second-order valence-electron chi connectivity index (χ2n) is 13.0. The molecule has 6 rings (SSSR count). The topological polar surface area (TPSA) is 43.4 Å². The van der Waals surface area contributed by atoms with Crippen LogP contribution >= 0.6 is 11.8 Å². The van der Waals surface area contributed by atoms with Gasteiger partial charge in [0, 0.05) is 24.7 Å². The largest absolute Gasteiger partial charge is 0.465 e. The van der Waals surface area contributed by atoms with Gasteiger partial charge in [-0.15, -0.1) is 11.8 Å². The molecule has 1 atom stereocenters. The molecular weight excluding hydrogens is 609 g/mol. The highest BCUT2D eigenvalue weighted by atomic mass is 32.2. The maximum Gasteiger partial charge on any atom is 0.305 e. The first-order chi connectivity index (χ1) is 23.4. The molecule has 1 aliphatic rings. The monoisotopic (exact) mass is 652 g/mol. The van der Waals surface area contributed by atoms with Crippen LogP contribution in [0.15, 0.2) is 127 Å². The summed E-state index contributed by atoms with van der Waals surface area (Å²) in [5.41, 5.74) is 11.0. The van der Waals surface area contributed by atoms with E-state index in [0.29, 0.717) is 19.4 Å². The third kappa shape index (κ3) is 7.19. The fourth-order valence-corrected chi connectivity index (χ4v) is 8.40. The minimum absolute atomic E-state index is 0.0423. The molecule has 0 heterocycles. The van der Waals surface area contributed by atoms with E-state index < -0.39 is 4.75 Å². The number of carbonyl (C=O) groups is 2. The summed E-state index contributed by atoms with van der Waals surface area (Å²) in [5.74, 6) is 0.639. The smallest absolute Gasteiger partial charge is 0.305 e. The summed E-state index contributed by atoms with van der Waals surface area (Å²) < 4.78 is 5.39. The van der Waals surface area contributed by atoms with Crippen LogP contribution in [0.5, 0.6) is 0 Å². The van der Waals surface area contributed by atoms with E-state index in [1.165, 1.54) is 50.1 Å². The predicted octanol–water partition coefficient (Wildman–Crippen LogP) is 10.4. The lowest BCUT2D eigenvalue weighted by Crippen LogP contribution is -2.26. The fraction of sp³-hybridized carbons (Fsp3) is 0.273. The Morgan fingerprint density at radius 1 is 0.667 bits per heavy atom. The molecule has 0 N–H and O–H groups in total. The number of thioether (sulfide) groups is 1. The number of hydrogen-bond acceptors (Lipinski definition) is 4. The first-order valence-corrected chi connectivity index (χ1v) is 18.1. The minimum Gasteiger partial charge on any atom is -0.465 e. The van der Waals surface area contributed by atoms with E-state index >= 15 is 0 Å². The van der Waals surface area contributed by atoms with Gasteiger partial charge < -0.3 is 4.74 Å². The summed E-state index contributed by atoms with van der Waals surface area (Å²) >= 11 is 1.89. The van der Waals surface area contributed by atoms with E-state index in [1.54, 1.807) is 0 Å². The zero-order chi connectivity index (χ0) is 33.5. The number of esters is 1. The van der Waals surface area contributed by atoms with Crippen molar-refractivity contribution in [3.63, 3.8) is 0 Å². The standard InChI is InChI=1S/C44H44O3S/c1-31-19-24-35(25-20-31)44(34-12-5-4-6-13-34,36-26-21-32(2)22-27-36)48-29-11-18-42(45)33(3)23-28-43(46)47-30-41-39-16-9-7-14-37(39)38-15-8-10-17-40(38)41/h4-10,12-17,19-22,24-27,33,41H,11,18,23,28-30H2,1-3H3. The van der Waals surface area contributed by atoms with E-state index in [1.807, 2.05) is 30.8 Å². The van der Waals surface area contributed by atoms with E-state index in [9.17, 15) is 9.59 Å². The van der Waals surface area contributed by atoms with Crippen molar-refractivity contribution >= 4 is 23.5 Å². The van der Waals surface area contributed by atoms with Crippen LogP contribution in [0, 0.1) is 19.8 Å². The van der Waals surface area contributed by atoms with Gasteiger partial charge in [-0.3, -0.25) is 9.59 Å². The van der Waals surface area contributed by atoms with Gasteiger partial charge in [-0.25, -0.2) is 0 Å². The molecule has 0 aromatic heterocycles. The van der Waals surface area contributed by atoms with E-state index in [4.69, 9.17) is 4.74 Å². The van der Waals surface area contributed by atoms with Gasteiger partial charge in [-0.05, 0) is 71.4 Å². The SMILES string of the molecule is Cc1ccc(C(SCCCC(=O)C(C)CCC(=O)OCC2c3ccccc3-c3ccccc32)(c2ccccc2)c2ccc(C)cc2)cc1. The van der Waals surface area contributed by atoms with E-state index in [0.717, 1.165) is 12.2 Å². The quantitative estimate of drug-likeness (QED) is 0.0680. The van der Waals surface area contributed by atoms with Crippen LogP contribution in [0.1, 0.15) is 77.5 Å². The first kappa shape index (κ1) is 33.5. The third-order valence-electron chi connectivity index (χ3n) is 9.69. The van der Waals surface area contributed by atoms with Crippen LogP contribution in [0.2, 0.25) is 0 Å². The maximum absolute atomic E-state index is 13.2. The van der Waals surface area contributed by atoms with Gasteiger partial charge >= 0.3 is 5.97 Å². The molecule has 3 nitrogen and oxygen atoms in total. The second-order valence-corrected chi connectivity index (χ2v) is 14.4. The molecule has 0 radical (unpaired) electrons. The Bertz CT molecular complexity index is 1750. The van der Waals surface area contributed by atoms with Crippen molar-refractivity contribution in [3.05, 3.63) is 166 Å². The van der Waals surface area contributed by atoms with Crippen LogP contribution in [-0.2, 0) is 19.1 Å². The van der Waals surface area contributed by atoms with E-state index in [-0.39, 0.29) is 30.0 Å². The summed E-state index contributed by atoms with van der Waals surface area (Å²) in [4.78, 5) is 26.1. The Morgan fingerprint density at radius 3 is 1.73 bits per heavy atom. The Morgan fingerprint density at radius 2 is 1.17 bits per heavy atom. The Hall–Kier alpha value is -4.41. The molecule has 1 unspecified atom stereocenters. The van der Waals surface area contributed by atoms with Crippen molar-refractivity contribution < 1.29 is 14.3 Å². The molecule has 0 saturated heterocycles. The van der Waals surface area contributed by atoms with Gasteiger partial charge in [0.25, 0.3) is 0 Å². The molecule has 0 fully saturated rings. The highest BCUT2D eigenvalue weighted by Crippen LogP contribution is 2.49.